The number of urea groups is 1. The van der Waals surface area contributed by atoms with Crippen LogP contribution in [0.3, 0.4) is 0 Å². The molecule has 0 aromatic heterocycles. The Labute approximate surface area is 183 Å². The molecule has 2 fully saturated rings. The van der Waals surface area contributed by atoms with Gasteiger partial charge in [0, 0.05) is 44.1 Å². The van der Waals surface area contributed by atoms with Gasteiger partial charge in [-0.15, -0.1) is 0 Å². The Morgan fingerprint density at radius 3 is 2.55 bits per heavy atom. The summed E-state index contributed by atoms with van der Waals surface area (Å²) in [6, 6.07) is 4.67. The first-order chi connectivity index (χ1) is 14.7. The number of amides is 3. The molecule has 1 saturated carbocycles. The number of rotatable bonds is 3. The number of halogens is 4. The van der Waals surface area contributed by atoms with Gasteiger partial charge < -0.3 is 20.9 Å². The number of alkyl halides is 2. The van der Waals surface area contributed by atoms with Gasteiger partial charge >= 0.3 is 6.03 Å². The molecule has 10 heteroatoms. The number of benzene rings is 1. The fourth-order valence-electron chi connectivity index (χ4n) is 4.74. The molecule has 0 spiro atoms. The predicted molar refractivity (Wildman–Crippen MR) is 110 cm³/mol. The number of hydrogen-bond acceptors (Lipinski definition) is 3. The van der Waals surface area contributed by atoms with E-state index in [-0.39, 0.29) is 44.3 Å². The third-order valence-electron chi connectivity index (χ3n) is 6.36. The van der Waals surface area contributed by atoms with Gasteiger partial charge in [0.05, 0.1) is 12.0 Å². The van der Waals surface area contributed by atoms with Crippen molar-refractivity contribution < 1.29 is 22.8 Å². The quantitative estimate of drug-likeness (QED) is 0.686. The Balaban J connectivity index is 1.49. The molecular weight excluding hydrogens is 433 g/mol. The topological polar surface area (TPSA) is 78.7 Å². The van der Waals surface area contributed by atoms with Crippen LogP contribution in [-0.4, -0.2) is 59.4 Å². The normalized spacial score (nSPS) is 26.1. The van der Waals surface area contributed by atoms with Crippen molar-refractivity contribution >= 4 is 29.1 Å². The zero-order chi connectivity index (χ0) is 22.3. The van der Waals surface area contributed by atoms with Crippen molar-refractivity contribution in [3.8, 4) is 0 Å². The molecule has 2 atom stereocenters. The highest BCUT2D eigenvalue weighted by Gasteiger charge is 2.47. The molecule has 2 heterocycles. The van der Waals surface area contributed by atoms with Crippen molar-refractivity contribution in [3.05, 3.63) is 40.8 Å². The van der Waals surface area contributed by atoms with Gasteiger partial charge in [-0.25, -0.2) is 18.0 Å². The fourth-order valence-corrected chi connectivity index (χ4v) is 5.17. The highest BCUT2D eigenvalue weighted by atomic mass is 35.5. The van der Waals surface area contributed by atoms with Crippen LogP contribution in [0.4, 0.5) is 18.0 Å². The summed E-state index contributed by atoms with van der Waals surface area (Å²) in [7, 11) is 0. The average Bonchev–Trinajstić information content (AvgIpc) is 3.01. The summed E-state index contributed by atoms with van der Waals surface area (Å²) in [6.45, 7) is 0.920. The maximum atomic E-state index is 13.8. The lowest BCUT2D eigenvalue weighted by molar-refractivity contribution is -0.121. The number of primary amides is 1. The van der Waals surface area contributed by atoms with E-state index < -0.39 is 29.6 Å². The number of carbonyl (C=O) groups is 2. The van der Waals surface area contributed by atoms with E-state index in [9.17, 15) is 22.8 Å². The third kappa shape index (κ3) is 4.33. The molecule has 2 aliphatic heterocycles. The van der Waals surface area contributed by atoms with Crippen LogP contribution in [-0.2, 0) is 4.79 Å². The van der Waals surface area contributed by atoms with Crippen LogP contribution in [0.15, 0.2) is 29.4 Å². The Bertz CT molecular complexity index is 916. The highest BCUT2D eigenvalue weighted by Crippen LogP contribution is 2.43. The van der Waals surface area contributed by atoms with E-state index in [1.165, 1.54) is 18.2 Å². The number of nitrogens with two attached hydrogens (primary N) is 1. The van der Waals surface area contributed by atoms with Crippen LogP contribution in [0.5, 0.6) is 0 Å². The molecule has 31 heavy (non-hydrogen) atoms. The number of fused-ring (bicyclic) bond motifs is 1. The van der Waals surface area contributed by atoms with E-state index in [2.05, 4.69) is 5.32 Å². The van der Waals surface area contributed by atoms with Crippen LogP contribution >= 0.6 is 11.6 Å². The molecular formula is C21H24ClF3N4O2. The second-order valence-electron chi connectivity index (χ2n) is 8.38. The largest absolute Gasteiger partial charge is 0.369 e. The maximum absolute atomic E-state index is 13.8. The minimum absolute atomic E-state index is 0.192. The van der Waals surface area contributed by atoms with Crippen molar-refractivity contribution in [2.24, 2.45) is 11.7 Å². The predicted octanol–water partition coefficient (Wildman–Crippen LogP) is 3.12. The lowest BCUT2D eigenvalue weighted by atomic mass is 9.88. The average molecular weight is 457 g/mol. The van der Waals surface area contributed by atoms with Gasteiger partial charge in [-0.1, -0.05) is 23.7 Å². The van der Waals surface area contributed by atoms with Crippen molar-refractivity contribution in [1.82, 2.24) is 15.1 Å². The highest BCUT2D eigenvalue weighted by molar-refractivity contribution is 6.33. The smallest absolute Gasteiger partial charge is 0.317 e. The molecule has 1 aliphatic carbocycles. The first-order valence-electron chi connectivity index (χ1n) is 10.3. The molecule has 4 rings (SSSR count). The molecule has 1 aromatic rings. The second-order valence-corrected chi connectivity index (χ2v) is 8.74. The van der Waals surface area contributed by atoms with Gasteiger partial charge in [0.2, 0.25) is 11.8 Å². The first-order valence-corrected chi connectivity index (χ1v) is 10.7. The summed E-state index contributed by atoms with van der Waals surface area (Å²) in [5.74, 6) is -4.54. The zero-order valence-corrected chi connectivity index (χ0v) is 17.5. The molecule has 2 unspecified atom stereocenters. The minimum Gasteiger partial charge on any atom is -0.369 e. The Hall–Kier alpha value is -2.42. The van der Waals surface area contributed by atoms with E-state index in [4.69, 9.17) is 17.3 Å². The van der Waals surface area contributed by atoms with E-state index >= 15 is 0 Å². The van der Waals surface area contributed by atoms with Crippen LogP contribution in [0.25, 0.3) is 5.57 Å². The Morgan fingerprint density at radius 1 is 1.19 bits per heavy atom. The summed E-state index contributed by atoms with van der Waals surface area (Å²) < 4.78 is 40.5. The van der Waals surface area contributed by atoms with E-state index in [0.29, 0.717) is 29.4 Å². The van der Waals surface area contributed by atoms with Crippen LogP contribution < -0.4 is 11.1 Å². The van der Waals surface area contributed by atoms with Crippen molar-refractivity contribution in [3.63, 3.8) is 0 Å². The summed E-state index contributed by atoms with van der Waals surface area (Å²) in [4.78, 5) is 28.5. The molecule has 3 N–H and O–H groups in total. The molecule has 168 valence electrons. The minimum atomic E-state index is -2.67. The van der Waals surface area contributed by atoms with Crippen LogP contribution in [0, 0.1) is 11.7 Å². The molecule has 3 amide bonds. The van der Waals surface area contributed by atoms with Gasteiger partial charge in [-0.05, 0) is 30.5 Å². The summed E-state index contributed by atoms with van der Waals surface area (Å²) in [5.41, 5.74) is 6.62. The SMILES string of the molecule is NC(=O)C1C(c2cccc(F)c2)=C(Cl)N2CCN(C(=O)NC3CCC(F)(F)CC3)CC12. The lowest BCUT2D eigenvalue weighted by Gasteiger charge is -2.41. The number of hydrogen-bond donors (Lipinski definition) is 2. The first kappa shape index (κ1) is 21.8. The standard InChI is InChI=1S/C21H24ClF3N4O2/c22-18-16(12-2-1-3-13(23)10-12)17(19(26)30)15-11-28(8-9-29(15)18)20(31)27-14-4-6-21(24,25)7-5-14/h1-3,10,14-15,17H,4-9,11H2,(H2,26,30)(H,27,31). The summed E-state index contributed by atoms with van der Waals surface area (Å²) in [6.07, 6.45) is -0.0322. The number of nitrogens with one attached hydrogen (secondary N) is 1. The third-order valence-corrected chi connectivity index (χ3v) is 6.78. The van der Waals surface area contributed by atoms with Crippen molar-refractivity contribution in [2.75, 3.05) is 19.6 Å². The van der Waals surface area contributed by atoms with Crippen molar-refractivity contribution in [2.45, 2.75) is 43.7 Å². The van der Waals surface area contributed by atoms with Gasteiger partial charge in [-0.2, -0.15) is 0 Å². The van der Waals surface area contributed by atoms with E-state index in [1.807, 2.05) is 4.90 Å². The lowest BCUT2D eigenvalue weighted by Crippen LogP contribution is -2.58. The zero-order valence-electron chi connectivity index (χ0n) is 16.8. The summed E-state index contributed by atoms with van der Waals surface area (Å²) in [5, 5.41) is 3.16. The molecule has 0 radical (unpaired) electrons. The van der Waals surface area contributed by atoms with Gasteiger partial charge in [-0.3, -0.25) is 4.79 Å². The van der Waals surface area contributed by atoms with Crippen LogP contribution in [0.2, 0.25) is 0 Å². The molecule has 1 saturated heterocycles. The molecule has 6 nitrogen and oxygen atoms in total. The second kappa shape index (κ2) is 8.26. The molecule has 0 bridgehead atoms. The Morgan fingerprint density at radius 2 is 1.90 bits per heavy atom. The van der Waals surface area contributed by atoms with Gasteiger partial charge in [0.1, 0.15) is 11.0 Å². The number of carbonyl (C=O) groups excluding carboxylic acids is 2. The maximum Gasteiger partial charge on any atom is 0.317 e. The Kier molecular flexibility index (Phi) is 5.81. The van der Waals surface area contributed by atoms with E-state index in [1.54, 1.807) is 11.0 Å². The molecule has 1 aromatic carbocycles. The van der Waals surface area contributed by atoms with Crippen LogP contribution in [0.1, 0.15) is 31.2 Å². The van der Waals surface area contributed by atoms with E-state index in [0.717, 1.165) is 0 Å². The van der Waals surface area contributed by atoms with Crippen molar-refractivity contribution in [1.29, 1.82) is 0 Å². The molecule has 3 aliphatic rings. The number of piperazine rings is 1. The van der Waals surface area contributed by atoms with Gasteiger partial charge in [0.15, 0.2) is 0 Å². The van der Waals surface area contributed by atoms with Gasteiger partial charge in [0.25, 0.3) is 0 Å². The summed E-state index contributed by atoms with van der Waals surface area (Å²) >= 11 is 6.57. The fraction of sp³-hybridized carbons (Fsp3) is 0.524. The number of nitrogens with zero attached hydrogens (tertiary/aromatic N) is 2. The monoisotopic (exact) mass is 456 g/mol.